The van der Waals surface area contributed by atoms with Gasteiger partial charge in [-0.05, 0) is 18.6 Å². The smallest absolute Gasteiger partial charge is 0.0936 e. The maximum absolute atomic E-state index is 5.79. The van der Waals surface area contributed by atoms with Crippen LogP contribution in [0.4, 0.5) is 5.69 Å². The highest BCUT2D eigenvalue weighted by molar-refractivity contribution is 7.19. The van der Waals surface area contributed by atoms with Gasteiger partial charge in [-0.3, -0.25) is 0 Å². The molecule has 0 saturated carbocycles. The molecule has 0 aliphatic carbocycles. The van der Waals surface area contributed by atoms with Gasteiger partial charge in [0, 0.05) is 0 Å². The molecule has 62 valence electrons. The second kappa shape index (κ2) is 2.75. The lowest BCUT2D eigenvalue weighted by Crippen LogP contribution is -1.82. The van der Waals surface area contributed by atoms with Crippen LogP contribution in [-0.4, -0.2) is 4.98 Å². The summed E-state index contributed by atoms with van der Waals surface area (Å²) in [5.74, 6) is 0. The van der Waals surface area contributed by atoms with Crippen molar-refractivity contribution in [2.75, 3.05) is 5.73 Å². The maximum Gasteiger partial charge on any atom is 0.0936 e. The topological polar surface area (TPSA) is 38.9 Å². The summed E-state index contributed by atoms with van der Waals surface area (Å²) in [6.07, 6.45) is 0.985. The van der Waals surface area contributed by atoms with Gasteiger partial charge < -0.3 is 5.73 Å². The van der Waals surface area contributed by atoms with E-state index in [0.29, 0.717) is 0 Å². The Labute approximate surface area is 75.0 Å². The molecule has 12 heavy (non-hydrogen) atoms. The molecule has 0 unspecified atom stereocenters. The number of hydrogen-bond acceptors (Lipinski definition) is 3. The van der Waals surface area contributed by atoms with Gasteiger partial charge in [0.2, 0.25) is 0 Å². The number of thiazole rings is 1. The predicted octanol–water partition coefficient (Wildman–Crippen LogP) is 2.44. The lowest BCUT2D eigenvalue weighted by Gasteiger charge is -1.90. The van der Waals surface area contributed by atoms with Crippen molar-refractivity contribution >= 4 is 27.2 Å². The van der Waals surface area contributed by atoms with Crippen molar-refractivity contribution in [3.05, 3.63) is 23.2 Å². The Bertz CT molecular complexity index is 406. The van der Waals surface area contributed by atoms with E-state index in [0.717, 1.165) is 27.3 Å². The fourth-order valence-corrected chi connectivity index (χ4v) is 2.10. The number of benzene rings is 1. The van der Waals surface area contributed by atoms with Crippen LogP contribution in [0.1, 0.15) is 11.9 Å². The van der Waals surface area contributed by atoms with Crippen molar-refractivity contribution in [2.45, 2.75) is 13.3 Å². The number of fused-ring (bicyclic) bond motifs is 1. The van der Waals surface area contributed by atoms with Gasteiger partial charge in [0.15, 0.2) is 0 Å². The van der Waals surface area contributed by atoms with Crippen LogP contribution in [0.25, 0.3) is 10.2 Å². The molecule has 0 bridgehead atoms. The molecule has 1 heterocycles. The van der Waals surface area contributed by atoms with Crippen LogP contribution in [0.3, 0.4) is 0 Å². The molecule has 2 rings (SSSR count). The summed E-state index contributed by atoms with van der Waals surface area (Å²) < 4.78 is 1.12. The van der Waals surface area contributed by atoms with Crippen molar-refractivity contribution in [3.8, 4) is 0 Å². The quantitative estimate of drug-likeness (QED) is 0.681. The molecule has 0 atom stereocenters. The van der Waals surface area contributed by atoms with Crippen molar-refractivity contribution in [3.63, 3.8) is 0 Å². The summed E-state index contributed by atoms with van der Waals surface area (Å²) >= 11 is 1.69. The third-order valence-corrected chi connectivity index (χ3v) is 3.06. The third kappa shape index (κ3) is 1.06. The second-order valence-corrected chi connectivity index (χ2v) is 3.74. The summed E-state index contributed by atoms with van der Waals surface area (Å²) in [4.78, 5) is 4.43. The van der Waals surface area contributed by atoms with Crippen LogP contribution < -0.4 is 5.73 Å². The van der Waals surface area contributed by atoms with Crippen molar-refractivity contribution < 1.29 is 0 Å². The van der Waals surface area contributed by atoms with Crippen molar-refractivity contribution in [1.29, 1.82) is 0 Å². The first-order chi connectivity index (χ1) is 5.81. The Morgan fingerprint density at radius 2 is 2.33 bits per heavy atom. The van der Waals surface area contributed by atoms with Gasteiger partial charge in [0.1, 0.15) is 0 Å². The molecule has 0 fully saturated rings. The Morgan fingerprint density at radius 3 is 3.00 bits per heavy atom. The van der Waals surface area contributed by atoms with E-state index in [-0.39, 0.29) is 0 Å². The average Bonchev–Trinajstić information content (AvgIpc) is 2.49. The first-order valence-electron chi connectivity index (χ1n) is 3.95. The van der Waals surface area contributed by atoms with Gasteiger partial charge in [-0.15, -0.1) is 11.3 Å². The number of anilines is 1. The summed E-state index contributed by atoms with van der Waals surface area (Å²) in [6, 6.07) is 5.86. The lowest BCUT2D eigenvalue weighted by atomic mass is 10.3. The molecule has 2 nitrogen and oxygen atoms in total. The van der Waals surface area contributed by atoms with E-state index >= 15 is 0 Å². The van der Waals surface area contributed by atoms with E-state index in [1.54, 1.807) is 11.3 Å². The minimum atomic E-state index is 0.838. The van der Waals surface area contributed by atoms with Gasteiger partial charge in [-0.25, -0.2) is 4.98 Å². The first kappa shape index (κ1) is 7.55. The molecular weight excluding hydrogens is 168 g/mol. The summed E-state index contributed by atoms with van der Waals surface area (Å²) in [5, 5.41) is 1.16. The molecule has 1 aromatic heterocycles. The number of hydrogen-bond donors (Lipinski definition) is 1. The number of aryl methyl sites for hydroxylation is 1. The monoisotopic (exact) mass is 178 g/mol. The summed E-state index contributed by atoms with van der Waals surface area (Å²) in [6.45, 7) is 2.11. The largest absolute Gasteiger partial charge is 0.398 e. The number of nitrogens with zero attached hydrogens (tertiary/aromatic N) is 1. The van der Waals surface area contributed by atoms with Crippen molar-refractivity contribution in [1.82, 2.24) is 4.98 Å². The van der Waals surface area contributed by atoms with Gasteiger partial charge in [-0.1, -0.05) is 13.0 Å². The number of nitrogens with two attached hydrogens (primary N) is 1. The highest BCUT2D eigenvalue weighted by Crippen LogP contribution is 2.27. The van der Waals surface area contributed by atoms with Crippen LogP contribution in [0, 0.1) is 0 Å². The minimum Gasteiger partial charge on any atom is -0.398 e. The molecule has 0 amide bonds. The maximum atomic E-state index is 5.79. The lowest BCUT2D eigenvalue weighted by molar-refractivity contribution is 1.11. The molecule has 1 aromatic carbocycles. The zero-order valence-electron chi connectivity index (χ0n) is 6.87. The van der Waals surface area contributed by atoms with Crippen LogP contribution >= 0.6 is 11.3 Å². The Morgan fingerprint density at radius 1 is 1.50 bits per heavy atom. The third-order valence-electron chi connectivity index (χ3n) is 1.79. The van der Waals surface area contributed by atoms with Gasteiger partial charge in [-0.2, -0.15) is 0 Å². The minimum absolute atomic E-state index is 0.838. The average molecular weight is 178 g/mol. The van der Waals surface area contributed by atoms with Crippen molar-refractivity contribution in [2.24, 2.45) is 0 Å². The zero-order valence-corrected chi connectivity index (χ0v) is 7.69. The number of nitrogen functional groups attached to an aromatic ring is 1. The standard InChI is InChI=1S/C9H10N2S/c1-2-8-11-7-5-3-4-6(10)9(7)12-8/h3-5H,2,10H2,1H3. The van der Waals surface area contributed by atoms with E-state index in [4.69, 9.17) is 5.73 Å². The van der Waals surface area contributed by atoms with E-state index < -0.39 is 0 Å². The van der Waals surface area contributed by atoms with Crippen LogP contribution in [0.5, 0.6) is 0 Å². The summed E-state index contributed by atoms with van der Waals surface area (Å²) in [5.41, 5.74) is 7.66. The van der Waals surface area contributed by atoms with E-state index in [9.17, 15) is 0 Å². The fraction of sp³-hybridized carbons (Fsp3) is 0.222. The Kier molecular flexibility index (Phi) is 1.73. The first-order valence-corrected chi connectivity index (χ1v) is 4.77. The van der Waals surface area contributed by atoms with E-state index in [2.05, 4.69) is 11.9 Å². The van der Waals surface area contributed by atoms with E-state index in [1.807, 2.05) is 18.2 Å². The number of aromatic nitrogens is 1. The molecular formula is C9H10N2S. The molecule has 0 spiro atoms. The molecule has 0 aliphatic rings. The molecule has 0 aliphatic heterocycles. The highest BCUT2D eigenvalue weighted by atomic mass is 32.1. The van der Waals surface area contributed by atoms with Crippen LogP contribution in [0.2, 0.25) is 0 Å². The second-order valence-electron chi connectivity index (χ2n) is 2.66. The normalized spacial score (nSPS) is 10.8. The van der Waals surface area contributed by atoms with Crippen LogP contribution in [-0.2, 0) is 6.42 Å². The molecule has 0 radical (unpaired) electrons. The molecule has 2 N–H and O–H groups in total. The van der Waals surface area contributed by atoms with Gasteiger partial charge >= 0.3 is 0 Å². The Balaban J connectivity index is 2.74. The number of rotatable bonds is 1. The zero-order chi connectivity index (χ0) is 8.55. The Hall–Kier alpha value is -1.09. The van der Waals surface area contributed by atoms with Crippen LogP contribution in [0.15, 0.2) is 18.2 Å². The summed E-state index contributed by atoms with van der Waals surface area (Å²) in [7, 11) is 0. The van der Waals surface area contributed by atoms with E-state index in [1.165, 1.54) is 0 Å². The molecule has 3 heteroatoms. The highest BCUT2D eigenvalue weighted by Gasteiger charge is 2.03. The molecule has 0 saturated heterocycles. The van der Waals surface area contributed by atoms with Gasteiger partial charge in [0.05, 0.1) is 20.9 Å². The van der Waals surface area contributed by atoms with Gasteiger partial charge in [0.25, 0.3) is 0 Å². The fourth-order valence-electron chi connectivity index (χ4n) is 1.17. The molecule has 2 aromatic rings. The SMILES string of the molecule is CCc1nc2cccc(N)c2s1. The predicted molar refractivity (Wildman–Crippen MR) is 53.4 cm³/mol.